The van der Waals surface area contributed by atoms with Crippen LogP contribution in [-0.2, 0) is 6.54 Å². The van der Waals surface area contributed by atoms with Crippen molar-refractivity contribution in [3.63, 3.8) is 0 Å². The van der Waals surface area contributed by atoms with E-state index >= 15 is 0 Å². The van der Waals surface area contributed by atoms with E-state index in [-0.39, 0.29) is 5.56 Å². The number of hydrogen-bond acceptors (Lipinski definition) is 1. The van der Waals surface area contributed by atoms with Gasteiger partial charge in [-0.05, 0) is 48.4 Å². The molecule has 2 aromatic heterocycles. The van der Waals surface area contributed by atoms with Crippen molar-refractivity contribution in [2.45, 2.75) is 19.4 Å². The maximum Gasteiger partial charge on any atom is 0.257 e. The summed E-state index contributed by atoms with van der Waals surface area (Å²) in [5.41, 5.74) is 2.03. The minimum absolute atomic E-state index is 0.0287. The summed E-state index contributed by atoms with van der Waals surface area (Å²) in [7, 11) is 0. The molecule has 2 heterocycles. The van der Waals surface area contributed by atoms with Gasteiger partial charge >= 0.3 is 0 Å². The highest BCUT2D eigenvalue weighted by Crippen LogP contribution is 2.37. The van der Waals surface area contributed by atoms with E-state index in [1.54, 1.807) is 0 Å². The van der Waals surface area contributed by atoms with E-state index in [9.17, 15) is 4.79 Å². The monoisotopic (exact) mass is 322 g/mol. The maximum absolute atomic E-state index is 12.5. The lowest BCUT2D eigenvalue weighted by molar-refractivity contribution is 0.659. The summed E-state index contributed by atoms with van der Waals surface area (Å²) in [5, 5.41) is 4.65. The van der Waals surface area contributed by atoms with E-state index in [0.717, 1.165) is 50.2 Å². The number of benzene rings is 2. The summed E-state index contributed by atoms with van der Waals surface area (Å²) >= 11 is 6.25. The summed E-state index contributed by atoms with van der Waals surface area (Å²) in [6.45, 7) is 0.954. The Morgan fingerprint density at radius 3 is 2.65 bits per heavy atom. The van der Waals surface area contributed by atoms with Gasteiger partial charge in [0.25, 0.3) is 5.56 Å². The fourth-order valence-corrected chi connectivity index (χ4v) is 3.72. The molecular formula is C19H15ClN2O. The third kappa shape index (κ3) is 1.93. The van der Waals surface area contributed by atoms with Gasteiger partial charge < -0.3 is 9.55 Å². The normalized spacial score (nSPS) is 15.0. The second kappa shape index (κ2) is 4.62. The first-order valence-corrected chi connectivity index (χ1v) is 8.32. The number of halogens is 1. The van der Waals surface area contributed by atoms with Crippen LogP contribution in [-0.4, -0.2) is 9.55 Å². The number of rotatable bonds is 2. The first-order chi connectivity index (χ1) is 11.2. The van der Waals surface area contributed by atoms with E-state index < -0.39 is 0 Å². The van der Waals surface area contributed by atoms with Crippen LogP contribution in [0.4, 0.5) is 0 Å². The van der Waals surface area contributed by atoms with Gasteiger partial charge in [-0.15, -0.1) is 0 Å². The molecule has 1 N–H and O–H groups in total. The van der Waals surface area contributed by atoms with E-state index in [0.29, 0.717) is 0 Å². The van der Waals surface area contributed by atoms with Crippen molar-refractivity contribution in [1.29, 1.82) is 0 Å². The molecule has 2 aromatic carbocycles. The molecule has 0 radical (unpaired) electrons. The van der Waals surface area contributed by atoms with Gasteiger partial charge in [0.2, 0.25) is 0 Å². The summed E-state index contributed by atoms with van der Waals surface area (Å²) < 4.78 is 2.26. The standard InChI is InChI=1S/C19H15ClN2O/c20-12-7-8-16-15(9-12)17-13-3-1-2-4-14(13)19(23)21-18(17)22(16)10-11-5-6-11/h1-4,7-9,11H,5-6,10H2,(H,21,23). The summed E-state index contributed by atoms with van der Waals surface area (Å²) in [6.07, 6.45) is 2.54. The maximum atomic E-state index is 12.5. The largest absolute Gasteiger partial charge is 0.326 e. The molecular weight excluding hydrogens is 308 g/mol. The number of pyridine rings is 1. The van der Waals surface area contributed by atoms with Crippen LogP contribution in [0.3, 0.4) is 0 Å². The smallest absolute Gasteiger partial charge is 0.257 e. The average molecular weight is 323 g/mol. The molecule has 1 fully saturated rings. The molecule has 23 heavy (non-hydrogen) atoms. The van der Waals surface area contributed by atoms with Crippen LogP contribution in [0.2, 0.25) is 5.02 Å². The number of aromatic amines is 1. The number of aromatic nitrogens is 2. The van der Waals surface area contributed by atoms with Crippen molar-refractivity contribution >= 4 is 44.3 Å². The molecule has 0 unspecified atom stereocenters. The molecule has 0 spiro atoms. The Bertz CT molecular complexity index is 1130. The van der Waals surface area contributed by atoms with Crippen molar-refractivity contribution in [3.8, 4) is 0 Å². The van der Waals surface area contributed by atoms with E-state index in [1.165, 1.54) is 12.8 Å². The number of nitrogens with one attached hydrogen (secondary N) is 1. The molecule has 4 aromatic rings. The van der Waals surface area contributed by atoms with Crippen LogP contribution < -0.4 is 5.56 Å². The van der Waals surface area contributed by atoms with Gasteiger partial charge in [-0.1, -0.05) is 29.8 Å². The van der Waals surface area contributed by atoms with Crippen molar-refractivity contribution in [2.75, 3.05) is 0 Å². The Hall–Kier alpha value is -2.26. The molecule has 3 nitrogen and oxygen atoms in total. The third-order valence-electron chi connectivity index (χ3n) is 4.84. The number of nitrogens with zero attached hydrogens (tertiary/aromatic N) is 1. The molecule has 0 atom stereocenters. The minimum atomic E-state index is -0.0287. The molecule has 0 aliphatic heterocycles. The number of hydrogen-bond donors (Lipinski definition) is 1. The zero-order chi connectivity index (χ0) is 15.6. The molecule has 0 saturated heterocycles. The SMILES string of the molecule is O=c1[nH]c2c(c3ccccc13)c1cc(Cl)ccc1n2CC1CC1. The van der Waals surface area contributed by atoms with E-state index in [4.69, 9.17) is 11.6 Å². The zero-order valence-electron chi connectivity index (χ0n) is 12.5. The third-order valence-corrected chi connectivity index (χ3v) is 5.07. The van der Waals surface area contributed by atoms with Crippen molar-refractivity contribution < 1.29 is 0 Å². The van der Waals surface area contributed by atoms with E-state index in [1.807, 2.05) is 36.4 Å². The van der Waals surface area contributed by atoms with E-state index in [2.05, 4.69) is 15.6 Å². The van der Waals surface area contributed by atoms with Crippen LogP contribution in [0.25, 0.3) is 32.7 Å². The lowest BCUT2D eigenvalue weighted by Crippen LogP contribution is -2.09. The summed E-state index contributed by atoms with van der Waals surface area (Å²) in [4.78, 5) is 15.6. The second-order valence-corrected chi connectivity index (χ2v) is 6.88. The van der Waals surface area contributed by atoms with Gasteiger partial charge in [0, 0.05) is 27.7 Å². The molecule has 1 aliphatic carbocycles. The van der Waals surface area contributed by atoms with Crippen molar-refractivity contribution in [3.05, 3.63) is 57.8 Å². The molecule has 0 amide bonds. The quantitative estimate of drug-likeness (QED) is 0.570. The Morgan fingerprint density at radius 1 is 1.09 bits per heavy atom. The Morgan fingerprint density at radius 2 is 1.87 bits per heavy atom. The lowest BCUT2D eigenvalue weighted by Gasteiger charge is -2.06. The molecule has 114 valence electrons. The Balaban J connectivity index is 2.03. The average Bonchev–Trinajstić information content (AvgIpc) is 3.32. The predicted molar refractivity (Wildman–Crippen MR) is 95.3 cm³/mol. The lowest BCUT2D eigenvalue weighted by atomic mass is 10.1. The Labute approximate surface area is 137 Å². The van der Waals surface area contributed by atoms with Crippen LogP contribution >= 0.6 is 11.6 Å². The summed E-state index contributed by atoms with van der Waals surface area (Å²) in [5.74, 6) is 0.722. The number of fused-ring (bicyclic) bond motifs is 5. The Kier molecular flexibility index (Phi) is 2.65. The zero-order valence-corrected chi connectivity index (χ0v) is 13.2. The van der Waals surface area contributed by atoms with Gasteiger partial charge in [0.1, 0.15) is 5.65 Å². The highest BCUT2D eigenvalue weighted by atomic mass is 35.5. The van der Waals surface area contributed by atoms with Gasteiger partial charge in [0.05, 0.1) is 5.52 Å². The van der Waals surface area contributed by atoms with Gasteiger partial charge in [-0.25, -0.2) is 0 Å². The molecule has 4 heteroatoms. The highest BCUT2D eigenvalue weighted by molar-refractivity contribution is 6.32. The topological polar surface area (TPSA) is 37.8 Å². The predicted octanol–water partition coefficient (Wildman–Crippen LogP) is 4.70. The van der Waals surface area contributed by atoms with Crippen LogP contribution in [0.1, 0.15) is 12.8 Å². The van der Waals surface area contributed by atoms with Gasteiger partial charge in [0.15, 0.2) is 0 Å². The minimum Gasteiger partial charge on any atom is -0.326 e. The highest BCUT2D eigenvalue weighted by Gasteiger charge is 2.24. The number of H-pyrrole nitrogens is 1. The molecule has 5 rings (SSSR count). The fourth-order valence-electron chi connectivity index (χ4n) is 3.55. The second-order valence-electron chi connectivity index (χ2n) is 6.44. The molecule has 1 aliphatic rings. The van der Waals surface area contributed by atoms with Gasteiger partial charge in [-0.2, -0.15) is 0 Å². The van der Waals surface area contributed by atoms with Crippen LogP contribution in [0.5, 0.6) is 0 Å². The van der Waals surface area contributed by atoms with Gasteiger partial charge in [-0.3, -0.25) is 4.79 Å². The molecule has 0 bridgehead atoms. The van der Waals surface area contributed by atoms with Crippen LogP contribution in [0.15, 0.2) is 47.3 Å². The van der Waals surface area contributed by atoms with Crippen molar-refractivity contribution in [2.24, 2.45) is 5.92 Å². The molecule has 1 saturated carbocycles. The van der Waals surface area contributed by atoms with Crippen LogP contribution in [0, 0.1) is 5.92 Å². The van der Waals surface area contributed by atoms with Crippen molar-refractivity contribution in [1.82, 2.24) is 9.55 Å². The fraction of sp³-hybridized carbons (Fsp3) is 0.211. The summed E-state index contributed by atoms with van der Waals surface area (Å²) in [6, 6.07) is 13.8. The first-order valence-electron chi connectivity index (χ1n) is 7.95. The first kappa shape index (κ1) is 13.2.